The molecule has 0 amide bonds. The topological polar surface area (TPSA) is 49.5 Å². The lowest BCUT2D eigenvalue weighted by Crippen LogP contribution is -2.30. The van der Waals surface area contributed by atoms with Crippen LogP contribution in [0.25, 0.3) is 0 Å². The molecule has 0 bridgehead atoms. The third-order valence-electron chi connectivity index (χ3n) is 4.15. The zero-order valence-electron chi connectivity index (χ0n) is 12.3. The minimum absolute atomic E-state index is 0.118. The molecule has 1 aliphatic carbocycles. The van der Waals surface area contributed by atoms with Gasteiger partial charge in [0.1, 0.15) is 0 Å². The van der Waals surface area contributed by atoms with Gasteiger partial charge in [0, 0.05) is 28.7 Å². The maximum atomic E-state index is 10.5. The molecule has 3 nitrogen and oxygen atoms in total. The fourth-order valence-electron chi connectivity index (χ4n) is 3.24. The van der Waals surface area contributed by atoms with Gasteiger partial charge in [-0.05, 0) is 48.0 Å². The van der Waals surface area contributed by atoms with Crippen LogP contribution >= 0.6 is 23.2 Å². The number of likely N-dealkylation sites (N-methyl/N-ethyl adjacent to an activating group) is 1. The fourth-order valence-corrected chi connectivity index (χ4v) is 3.83. The molecule has 3 rings (SSSR count). The quantitative estimate of drug-likeness (QED) is 0.841. The van der Waals surface area contributed by atoms with E-state index in [9.17, 15) is 5.11 Å². The van der Waals surface area contributed by atoms with Gasteiger partial charge < -0.3 is 10.8 Å². The molecule has 0 fully saturated rings. The van der Waals surface area contributed by atoms with Gasteiger partial charge in [0.2, 0.25) is 0 Å². The summed E-state index contributed by atoms with van der Waals surface area (Å²) in [5.74, 6) is 0. The first-order valence-electron chi connectivity index (χ1n) is 7.16. The van der Waals surface area contributed by atoms with Gasteiger partial charge in [0.15, 0.2) is 0 Å². The van der Waals surface area contributed by atoms with Crippen molar-refractivity contribution in [3.63, 3.8) is 0 Å². The Morgan fingerprint density at radius 1 is 1.27 bits per heavy atom. The summed E-state index contributed by atoms with van der Waals surface area (Å²) >= 11 is 12.4. The van der Waals surface area contributed by atoms with E-state index in [1.165, 1.54) is 0 Å². The summed E-state index contributed by atoms with van der Waals surface area (Å²) in [5, 5.41) is 11.7. The molecule has 2 atom stereocenters. The number of benzene rings is 2. The van der Waals surface area contributed by atoms with E-state index in [0.717, 1.165) is 22.4 Å². The van der Waals surface area contributed by atoms with Crippen molar-refractivity contribution in [2.45, 2.75) is 25.1 Å². The molecule has 5 heteroatoms. The van der Waals surface area contributed by atoms with Crippen LogP contribution in [0.3, 0.4) is 0 Å². The first-order valence-corrected chi connectivity index (χ1v) is 7.92. The molecular weight excluding hydrogens is 319 g/mol. The molecule has 116 valence electrons. The van der Waals surface area contributed by atoms with Crippen molar-refractivity contribution in [1.82, 2.24) is 4.90 Å². The van der Waals surface area contributed by atoms with Gasteiger partial charge in [-0.15, -0.1) is 0 Å². The number of nitrogens with zero attached hydrogens (tertiary/aromatic N) is 1. The molecule has 0 saturated heterocycles. The summed E-state index contributed by atoms with van der Waals surface area (Å²) in [6, 6.07) is 11.3. The Morgan fingerprint density at radius 3 is 2.77 bits per heavy atom. The normalized spacial score (nSPS) is 20.4. The molecule has 1 aliphatic rings. The van der Waals surface area contributed by atoms with E-state index in [1.54, 1.807) is 6.07 Å². The number of hydrogen-bond acceptors (Lipinski definition) is 3. The molecular formula is C17H18Cl2N2O. The van der Waals surface area contributed by atoms with Gasteiger partial charge in [-0.25, -0.2) is 0 Å². The molecule has 3 N–H and O–H groups in total. The summed E-state index contributed by atoms with van der Waals surface area (Å²) in [6.45, 7) is 0.691. The van der Waals surface area contributed by atoms with Crippen molar-refractivity contribution in [2.24, 2.45) is 0 Å². The highest BCUT2D eigenvalue weighted by Gasteiger charge is 2.35. The third-order valence-corrected chi connectivity index (χ3v) is 4.70. The standard InChI is InChI=1S/C17H18Cl2N2O/c1-21(9-10-3-2-4-12(20)5-10)17-14-6-11(18)7-15(19)13(14)8-16(17)22/h2-7,16-17,22H,8-9,20H2,1H3. The molecule has 2 unspecified atom stereocenters. The number of fused-ring (bicyclic) bond motifs is 1. The minimum Gasteiger partial charge on any atom is -0.399 e. The molecule has 0 spiro atoms. The Hall–Kier alpha value is -1.26. The molecule has 2 aromatic rings. The molecule has 22 heavy (non-hydrogen) atoms. The number of hydrogen-bond donors (Lipinski definition) is 2. The van der Waals surface area contributed by atoms with Crippen molar-refractivity contribution < 1.29 is 5.11 Å². The van der Waals surface area contributed by atoms with E-state index in [4.69, 9.17) is 28.9 Å². The SMILES string of the molecule is CN(Cc1cccc(N)c1)C1c2cc(Cl)cc(Cl)c2CC1O. The van der Waals surface area contributed by atoms with Crippen LogP contribution in [0.5, 0.6) is 0 Å². The Morgan fingerprint density at radius 2 is 2.05 bits per heavy atom. The lowest BCUT2D eigenvalue weighted by atomic mass is 10.1. The van der Waals surface area contributed by atoms with Gasteiger partial charge in [-0.1, -0.05) is 35.3 Å². The molecule has 0 radical (unpaired) electrons. The molecule has 0 saturated carbocycles. The number of nitrogens with two attached hydrogens (primary N) is 1. The Labute approximate surface area is 140 Å². The third kappa shape index (κ3) is 2.95. The van der Waals surface area contributed by atoms with Crippen LogP contribution in [0.1, 0.15) is 22.7 Å². The van der Waals surface area contributed by atoms with Crippen molar-refractivity contribution in [2.75, 3.05) is 12.8 Å². The van der Waals surface area contributed by atoms with Crippen LogP contribution in [0.2, 0.25) is 10.0 Å². The second kappa shape index (κ2) is 6.09. The number of halogens is 2. The van der Waals surface area contributed by atoms with Crippen molar-refractivity contribution >= 4 is 28.9 Å². The van der Waals surface area contributed by atoms with Crippen molar-refractivity contribution in [3.05, 3.63) is 63.1 Å². The van der Waals surface area contributed by atoms with Crippen LogP contribution in [0.4, 0.5) is 5.69 Å². The Bertz CT molecular complexity index is 705. The minimum atomic E-state index is -0.489. The zero-order chi connectivity index (χ0) is 15.9. The van der Waals surface area contributed by atoms with Gasteiger partial charge in [-0.3, -0.25) is 4.90 Å². The van der Waals surface area contributed by atoms with Crippen LogP contribution in [0, 0.1) is 0 Å². The number of aliphatic hydroxyl groups is 1. The lowest BCUT2D eigenvalue weighted by molar-refractivity contribution is 0.0725. The highest BCUT2D eigenvalue weighted by molar-refractivity contribution is 6.35. The van der Waals surface area contributed by atoms with Gasteiger partial charge in [-0.2, -0.15) is 0 Å². The van der Waals surface area contributed by atoms with Crippen LogP contribution in [-0.2, 0) is 13.0 Å². The van der Waals surface area contributed by atoms with E-state index in [1.807, 2.05) is 37.4 Å². The predicted molar refractivity (Wildman–Crippen MR) is 91.2 cm³/mol. The largest absolute Gasteiger partial charge is 0.399 e. The molecule has 0 heterocycles. The van der Waals surface area contributed by atoms with Crippen molar-refractivity contribution in [3.8, 4) is 0 Å². The fraction of sp³-hybridized carbons (Fsp3) is 0.294. The summed E-state index contributed by atoms with van der Waals surface area (Å²) in [6.07, 6.45) is 0.0640. The lowest BCUT2D eigenvalue weighted by Gasteiger charge is -2.28. The summed E-state index contributed by atoms with van der Waals surface area (Å²) in [7, 11) is 1.99. The average molecular weight is 337 g/mol. The maximum absolute atomic E-state index is 10.5. The van der Waals surface area contributed by atoms with E-state index in [2.05, 4.69) is 4.90 Å². The van der Waals surface area contributed by atoms with Gasteiger partial charge in [0.05, 0.1) is 12.1 Å². The number of nitrogen functional groups attached to an aromatic ring is 1. The first kappa shape index (κ1) is 15.6. The molecule has 0 aliphatic heterocycles. The number of anilines is 1. The summed E-state index contributed by atoms with van der Waals surface area (Å²) in [4.78, 5) is 2.11. The zero-order valence-corrected chi connectivity index (χ0v) is 13.8. The average Bonchev–Trinajstić information content (AvgIpc) is 2.75. The van der Waals surface area contributed by atoms with E-state index in [0.29, 0.717) is 23.0 Å². The Kier molecular flexibility index (Phi) is 4.33. The van der Waals surface area contributed by atoms with Gasteiger partial charge in [0.25, 0.3) is 0 Å². The highest BCUT2D eigenvalue weighted by Crippen LogP contribution is 2.41. The van der Waals surface area contributed by atoms with E-state index < -0.39 is 6.10 Å². The van der Waals surface area contributed by atoms with Crippen LogP contribution in [-0.4, -0.2) is 23.2 Å². The van der Waals surface area contributed by atoms with Crippen LogP contribution in [0.15, 0.2) is 36.4 Å². The maximum Gasteiger partial charge on any atom is 0.0778 e. The second-order valence-corrected chi connectivity index (χ2v) is 6.68. The molecule has 0 aromatic heterocycles. The molecule has 2 aromatic carbocycles. The van der Waals surface area contributed by atoms with E-state index >= 15 is 0 Å². The van der Waals surface area contributed by atoms with E-state index in [-0.39, 0.29) is 6.04 Å². The van der Waals surface area contributed by atoms with Crippen LogP contribution < -0.4 is 5.73 Å². The smallest absolute Gasteiger partial charge is 0.0778 e. The Balaban J connectivity index is 1.89. The number of aliphatic hydroxyl groups excluding tert-OH is 1. The van der Waals surface area contributed by atoms with Gasteiger partial charge >= 0.3 is 0 Å². The number of rotatable bonds is 3. The predicted octanol–water partition coefficient (Wildman–Crippen LogP) is 3.67. The first-order chi connectivity index (χ1) is 10.5. The monoisotopic (exact) mass is 336 g/mol. The van der Waals surface area contributed by atoms with Crippen molar-refractivity contribution in [1.29, 1.82) is 0 Å². The summed E-state index contributed by atoms with van der Waals surface area (Å²) in [5.41, 5.74) is 9.68. The highest BCUT2D eigenvalue weighted by atomic mass is 35.5. The second-order valence-electron chi connectivity index (χ2n) is 5.83. The summed E-state index contributed by atoms with van der Waals surface area (Å²) < 4.78 is 0.